The molecule has 0 unspecified atom stereocenters. The predicted octanol–water partition coefficient (Wildman–Crippen LogP) is 3.13. The van der Waals surface area contributed by atoms with Crippen LogP contribution in [0, 0.1) is 11.8 Å². The number of fused-ring (bicyclic) bond motifs is 1. The quantitative estimate of drug-likeness (QED) is 0.896. The zero-order valence-corrected chi connectivity index (χ0v) is 14.3. The lowest BCUT2D eigenvalue weighted by molar-refractivity contribution is 0.0426. The number of piperidine rings is 1. The Bertz CT molecular complexity index is 556. The summed E-state index contributed by atoms with van der Waals surface area (Å²) >= 11 is 0. The van der Waals surface area contributed by atoms with E-state index in [4.69, 9.17) is 0 Å². The van der Waals surface area contributed by atoms with Crippen molar-refractivity contribution in [2.75, 3.05) is 26.7 Å². The monoisotopic (exact) mass is 314 g/mol. The lowest BCUT2D eigenvalue weighted by Gasteiger charge is -2.53. The molecule has 1 aromatic carbocycles. The molecule has 1 aromatic rings. The summed E-state index contributed by atoms with van der Waals surface area (Å²) < 4.78 is 0. The van der Waals surface area contributed by atoms with Crippen LogP contribution in [0.25, 0.3) is 0 Å². The summed E-state index contributed by atoms with van der Waals surface area (Å²) in [6.07, 6.45) is 7.95. The molecular weight excluding hydrogens is 284 g/mol. The van der Waals surface area contributed by atoms with E-state index in [1.807, 2.05) is 12.1 Å². The number of nitrogens with one attached hydrogen (secondary N) is 1. The van der Waals surface area contributed by atoms with Crippen molar-refractivity contribution in [3.63, 3.8) is 0 Å². The molecule has 3 heteroatoms. The maximum Gasteiger partial charge on any atom is 0.115 e. The normalized spacial score (nSPS) is 35.0. The molecule has 3 atom stereocenters. The summed E-state index contributed by atoms with van der Waals surface area (Å²) in [7, 11) is 2.10. The standard InChI is InChI=1S/C20H30N2O/c1-21-18-8-7-17-14-22(13-15-5-6-15)10-9-20(17,12-18)16-3-2-4-19(23)11-16/h2-4,11,15,17-18,21,23H,5-10,12-14H2,1H3/t17-,18-,20+/m1/s1. The van der Waals surface area contributed by atoms with E-state index in [9.17, 15) is 5.11 Å². The highest BCUT2D eigenvalue weighted by Crippen LogP contribution is 2.50. The Morgan fingerprint density at radius 2 is 2.13 bits per heavy atom. The van der Waals surface area contributed by atoms with E-state index in [0.29, 0.717) is 11.8 Å². The van der Waals surface area contributed by atoms with Crippen LogP contribution in [-0.4, -0.2) is 42.7 Å². The molecule has 2 aliphatic carbocycles. The fraction of sp³-hybridized carbons (Fsp3) is 0.700. The number of hydrogen-bond acceptors (Lipinski definition) is 3. The van der Waals surface area contributed by atoms with Gasteiger partial charge in [-0.05, 0) is 81.6 Å². The molecule has 0 aromatic heterocycles. The van der Waals surface area contributed by atoms with Crippen LogP contribution in [-0.2, 0) is 5.41 Å². The highest BCUT2D eigenvalue weighted by atomic mass is 16.3. The van der Waals surface area contributed by atoms with Crippen LogP contribution in [0.1, 0.15) is 44.1 Å². The third-order valence-electron chi connectivity index (χ3n) is 6.65. The number of phenolic OH excluding ortho intramolecular Hbond substituents is 1. The summed E-state index contributed by atoms with van der Waals surface area (Å²) in [6.45, 7) is 3.80. The molecule has 1 heterocycles. The summed E-state index contributed by atoms with van der Waals surface area (Å²) in [5, 5.41) is 13.5. The number of likely N-dealkylation sites (tertiary alicyclic amines) is 1. The number of nitrogens with zero attached hydrogens (tertiary/aromatic N) is 1. The van der Waals surface area contributed by atoms with Crippen molar-refractivity contribution in [1.82, 2.24) is 10.2 Å². The minimum Gasteiger partial charge on any atom is -0.508 e. The molecule has 0 amide bonds. The lowest BCUT2D eigenvalue weighted by Crippen LogP contribution is -2.55. The minimum absolute atomic E-state index is 0.255. The van der Waals surface area contributed by atoms with Gasteiger partial charge >= 0.3 is 0 Å². The maximum atomic E-state index is 10.0. The van der Waals surface area contributed by atoms with Gasteiger partial charge in [-0.15, -0.1) is 0 Å². The van der Waals surface area contributed by atoms with Gasteiger partial charge in [0.2, 0.25) is 0 Å². The zero-order valence-electron chi connectivity index (χ0n) is 14.3. The SMILES string of the molecule is CN[C@@H]1CC[C@@H]2CN(CC3CC3)CC[C@@]2(c2cccc(O)c2)C1. The lowest BCUT2D eigenvalue weighted by atomic mass is 9.58. The van der Waals surface area contributed by atoms with Crippen LogP contribution in [0.4, 0.5) is 0 Å². The van der Waals surface area contributed by atoms with E-state index >= 15 is 0 Å². The fourth-order valence-electron chi connectivity index (χ4n) is 5.11. The first kappa shape index (κ1) is 15.5. The first-order valence-corrected chi connectivity index (χ1v) is 9.39. The van der Waals surface area contributed by atoms with Crippen molar-refractivity contribution in [2.45, 2.75) is 50.0 Å². The molecule has 2 N–H and O–H groups in total. The molecular formula is C20H30N2O. The van der Waals surface area contributed by atoms with Gasteiger partial charge in [-0.25, -0.2) is 0 Å². The highest BCUT2D eigenvalue weighted by Gasteiger charge is 2.48. The Balaban J connectivity index is 1.61. The summed E-state index contributed by atoms with van der Waals surface area (Å²) in [6, 6.07) is 8.72. The largest absolute Gasteiger partial charge is 0.508 e. The number of benzene rings is 1. The van der Waals surface area contributed by atoms with Gasteiger partial charge < -0.3 is 15.3 Å². The minimum atomic E-state index is 0.255. The Morgan fingerprint density at radius 3 is 2.87 bits per heavy atom. The average Bonchev–Trinajstić information content (AvgIpc) is 3.38. The predicted molar refractivity (Wildman–Crippen MR) is 93.8 cm³/mol. The van der Waals surface area contributed by atoms with E-state index in [-0.39, 0.29) is 5.41 Å². The van der Waals surface area contributed by atoms with Crippen molar-refractivity contribution in [3.8, 4) is 5.75 Å². The van der Waals surface area contributed by atoms with E-state index in [2.05, 4.69) is 23.3 Å². The van der Waals surface area contributed by atoms with E-state index < -0.39 is 0 Å². The third-order valence-corrected chi connectivity index (χ3v) is 6.65. The Labute approximate surface area is 140 Å². The van der Waals surface area contributed by atoms with Gasteiger partial charge in [0.25, 0.3) is 0 Å². The summed E-state index contributed by atoms with van der Waals surface area (Å²) in [5.74, 6) is 2.14. The molecule has 4 rings (SSSR count). The fourth-order valence-corrected chi connectivity index (χ4v) is 5.11. The van der Waals surface area contributed by atoms with Crippen LogP contribution in [0.2, 0.25) is 0 Å². The second kappa shape index (κ2) is 6.10. The van der Waals surface area contributed by atoms with Gasteiger partial charge in [0.05, 0.1) is 0 Å². The number of aromatic hydroxyl groups is 1. The molecule has 2 saturated carbocycles. The van der Waals surface area contributed by atoms with Crippen molar-refractivity contribution in [2.24, 2.45) is 11.8 Å². The summed E-state index contributed by atoms with van der Waals surface area (Å²) in [4.78, 5) is 2.73. The molecule has 3 nitrogen and oxygen atoms in total. The first-order valence-electron chi connectivity index (χ1n) is 9.39. The summed E-state index contributed by atoms with van der Waals surface area (Å²) in [5.41, 5.74) is 1.62. The van der Waals surface area contributed by atoms with E-state index in [1.54, 1.807) is 6.07 Å². The second-order valence-electron chi connectivity index (χ2n) is 8.12. The van der Waals surface area contributed by atoms with Gasteiger partial charge in [-0.3, -0.25) is 0 Å². The van der Waals surface area contributed by atoms with Crippen molar-refractivity contribution < 1.29 is 5.11 Å². The molecule has 0 spiro atoms. The van der Waals surface area contributed by atoms with Gasteiger partial charge in [-0.1, -0.05) is 12.1 Å². The van der Waals surface area contributed by atoms with E-state index in [0.717, 1.165) is 11.8 Å². The van der Waals surface area contributed by atoms with Gasteiger partial charge in [-0.2, -0.15) is 0 Å². The molecule has 1 saturated heterocycles. The van der Waals surface area contributed by atoms with Gasteiger partial charge in [0.1, 0.15) is 5.75 Å². The number of hydrogen-bond donors (Lipinski definition) is 2. The number of rotatable bonds is 4. The topological polar surface area (TPSA) is 35.5 Å². The third kappa shape index (κ3) is 3.01. The van der Waals surface area contributed by atoms with E-state index in [1.165, 1.54) is 63.7 Å². The van der Waals surface area contributed by atoms with Crippen LogP contribution >= 0.6 is 0 Å². The van der Waals surface area contributed by atoms with Crippen LogP contribution in [0.5, 0.6) is 5.75 Å². The smallest absolute Gasteiger partial charge is 0.115 e. The average molecular weight is 314 g/mol. The Morgan fingerprint density at radius 1 is 1.26 bits per heavy atom. The molecule has 3 aliphatic rings. The van der Waals surface area contributed by atoms with Crippen LogP contribution < -0.4 is 5.32 Å². The maximum absolute atomic E-state index is 10.0. The Kier molecular flexibility index (Phi) is 4.10. The Hall–Kier alpha value is -1.06. The molecule has 23 heavy (non-hydrogen) atoms. The molecule has 3 fully saturated rings. The second-order valence-corrected chi connectivity index (χ2v) is 8.12. The number of phenols is 1. The van der Waals surface area contributed by atoms with Crippen molar-refractivity contribution in [1.29, 1.82) is 0 Å². The van der Waals surface area contributed by atoms with Gasteiger partial charge in [0.15, 0.2) is 0 Å². The first-order chi connectivity index (χ1) is 11.2. The molecule has 0 radical (unpaired) electrons. The van der Waals surface area contributed by atoms with Crippen molar-refractivity contribution >= 4 is 0 Å². The van der Waals surface area contributed by atoms with Gasteiger partial charge in [0, 0.05) is 24.5 Å². The molecule has 126 valence electrons. The molecule has 0 bridgehead atoms. The highest BCUT2D eigenvalue weighted by molar-refractivity contribution is 5.35. The van der Waals surface area contributed by atoms with Crippen LogP contribution in [0.15, 0.2) is 24.3 Å². The molecule has 1 aliphatic heterocycles. The van der Waals surface area contributed by atoms with Crippen LogP contribution in [0.3, 0.4) is 0 Å². The van der Waals surface area contributed by atoms with Crippen molar-refractivity contribution in [3.05, 3.63) is 29.8 Å². The zero-order chi connectivity index (χ0) is 15.9.